The van der Waals surface area contributed by atoms with Crippen molar-refractivity contribution in [1.29, 1.82) is 5.26 Å². The van der Waals surface area contributed by atoms with Crippen molar-refractivity contribution in [2.75, 3.05) is 0 Å². The van der Waals surface area contributed by atoms with Crippen molar-refractivity contribution in [2.45, 2.75) is 46.5 Å². The third-order valence-electron chi connectivity index (χ3n) is 10.0. The van der Waals surface area contributed by atoms with Crippen LogP contribution in [0, 0.1) is 30.4 Å². The quantitative estimate of drug-likeness (QED) is 0.141. The van der Waals surface area contributed by atoms with Gasteiger partial charge in [0.15, 0.2) is 5.89 Å². The zero-order valence-corrected chi connectivity index (χ0v) is 35.8. The molecule has 8 nitrogen and oxygen atoms in total. The van der Waals surface area contributed by atoms with E-state index in [4.69, 9.17) is 4.42 Å². The molecule has 0 spiro atoms. The fraction of sp³-hybridized carbons (Fsp3) is 0.140. The van der Waals surface area contributed by atoms with Gasteiger partial charge in [0.25, 0.3) is 0 Å². The van der Waals surface area contributed by atoms with Gasteiger partial charge in [-0.15, -0.1) is 53.6 Å². The molecule has 0 bridgehead atoms. The van der Waals surface area contributed by atoms with Crippen molar-refractivity contribution in [2.24, 2.45) is 0 Å². The molecule has 3 heterocycles. The van der Waals surface area contributed by atoms with Gasteiger partial charge in [0, 0.05) is 61.8 Å². The van der Waals surface area contributed by atoms with Crippen LogP contribution in [0.15, 0.2) is 151 Å². The molecule has 59 heavy (non-hydrogen) atoms. The number of aromatic nitrogens is 6. The van der Waals surface area contributed by atoms with Crippen LogP contribution in [0.5, 0.6) is 0 Å². The molecule has 9 rings (SSSR count). The van der Waals surface area contributed by atoms with E-state index in [-0.39, 0.29) is 20.1 Å². The fourth-order valence-corrected chi connectivity index (χ4v) is 7.32. The van der Waals surface area contributed by atoms with Crippen molar-refractivity contribution >= 4 is 11.1 Å². The van der Waals surface area contributed by atoms with Crippen LogP contribution in [0.25, 0.3) is 67.5 Å². The molecule has 0 N–H and O–H groups in total. The minimum absolute atomic E-state index is 0. The van der Waals surface area contributed by atoms with E-state index < -0.39 is 0 Å². The van der Waals surface area contributed by atoms with E-state index in [1.54, 1.807) is 24.5 Å². The molecule has 0 atom stereocenters. The summed E-state index contributed by atoms with van der Waals surface area (Å²) in [5.41, 5.74) is 12.8. The Labute approximate surface area is 358 Å². The Hall–Kier alpha value is -6.72. The SMILES string of the molecule is Cc1nc2cc(-c3nccn3-c3c(C(C)C)cccc3C(C)C)[c-]cc2o1.N#Cc1cc[c-]c(-c2ncnn2-c2c(-c3ccccc3)cccc2-c2ccccc2)c1.[Ir]. The maximum atomic E-state index is 9.32. The summed E-state index contributed by atoms with van der Waals surface area (Å²) in [6.45, 7) is 10.8. The van der Waals surface area contributed by atoms with Crippen molar-refractivity contribution in [1.82, 2.24) is 29.3 Å². The number of rotatable bonds is 8. The molecule has 0 unspecified atom stereocenters. The van der Waals surface area contributed by atoms with Gasteiger partial charge in [-0.25, -0.2) is 4.98 Å². The number of para-hydroxylation sites is 2. The Kier molecular flexibility index (Phi) is 12.2. The van der Waals surface area contributed by atoms with Crippen LogP contribution < -0.4 is 0 Å². The molecule has 1 radical (unpaired) electrons. The molecule has 0 saturated heterocycles. The van der Waals surface area contributed by atoms with Crippen LogP contribution in [0.4, 0.5) is 0 Å². The van der Waals surface area contributed by atoms with Gasteiger partial charge in [0.1, 0.15) is 6.33 Å². The third kappa shape index (κ3) is 8.33. The molecule has 0 fully saturated rings. The molecule has 9 heteroatoms. The predicted octanol–water partition coefficient (Wildman–Crippen LogP) is 12.0. The Bertz CT molecular complexity index is 2800. The number of nitriles is 1. The van der Waals surface area contributed by atoms with Gasteiger partial charge in [-0.3, -0.25) is 14.6 Å². The predicted molar refractivity (Wildman–Crippen MR) is 230 cm³/mol. The largest absolute Gasteiger partial charge is 0.488 e. The van der Waals surface area contributed by atoms with Gasteiger partial charge in [0.2, 0.25) is 0 Å². The topological polar surface area (TPSA) is 98.3 Å². The minimum atomic E-state index is 0. The van der Waals surface area contributed by atoms with Crippen LogP contribution in [-0.2, 0) is 20.1 Å². The molecule has 0 saturated carbocycles. The van der Waals surface area contributed by atoms with E-state index in [0.29, 0.717) is 29.1 Å². The van der Waals surface area contributed by atoms with E-state index in [0.717, 1.165) is 56.0 Å². The molecule has 0 amide bonds. The third-order valence-corrected chi connectivity index (χ3v) is 10.0. The molecule has 293 valence electrons. The normalized spacial score (nSPS) is 10.9. The average Bonchev–Trinajstić information content (AvgIpc) is 4.04. The summed E-state index contributed by atoms with van der Waals surface area (Å²) in [5, 5.41) is 13.9. The summed E-state index contributed by atoms with van der Waals surface area (Å²) in [4.78, 5) is 13.6. The first kappa shape index (κ1) is 40.5. The van der Waals surface area contributed by atoms with Crippen molar-refractivity contribution in [3.63, 3.8) is 0 Å². The van der Waals surface area contributed by atoms with Crippen LogP contribution in [0.2, 0.25) is 0 Å². The second-order valence-electron chi connectivity index (χ2n) is 14.6. The second kappa shape index (κ2) is 17.8. The molecule has 0 aliphatic carbocycles. The number of fused-ring (bicyclic) bond motifs is 1. The van der Waals surface area contributed by atoms with Gasteiger partial charge in [-0.05, 0) is 39.7 Å². The first-order valence-corrected chi connectivity index (χ1v) is 19.3. The Morgan fingerprint density at radius 3 is 1.95 bits per heavy atom. The summed E-state index contributed by atoms with van der Waals surface area (Å²) in [5.74, 6) is 2.99. The fourth-order valence-electron chi connectivity index (χ4n) is 7.32. The van der Waals surface area contributed by atoms with Crippen LogP contribution >= 0.6 is 0 Å². The molecular formula is C50H41IrN7O-2. The van der Waals surface area contributed by atoms with Gasteiger partial charge in [-0.1, -0.05) is 125 Å². The first-order chi connectivity index (χ1) is 28.3. The zero-order valence-electron chi connectivity index (χ0n) is 33.4. The van der Waals surface area contributed by atoms with Gasteiger partial charge in [0.05, 0.1) is 29.0 Å². The average molecular weight is 948 g/mol. The van der Waals surface area contributed by atoms with E-state index in [2.05, 4.69) is 131 Å². The number of nitrogens with zero attached hydrogens (tertiary/aromatic N) is 7. The van der Waals surface area contributed by atoms with Gasteiger partial charge < -0.3 is 8.98 Å². The van der Waals surface area contributed by atoms with Gasteiger partial charge in [-0.2, -0.15) is 10.4 Å². The standard InChI is InChI=1S/C27H17N4.C23H24N3O.Ir/c28-18-20-9-7-14-23(17-20)27-29-19-30-31(27)26-24(21-10-3-1-4-11-21)15-8-16-25(26)22-12-5-2-6-13-22;1-14(2)18-7-6-8-19(15(3)4)22(18)26-12-11-24-23(26)17-9-10-21-20(13-17)25-16(5)27-21;/h1-13,15-17,19H;6-8,10-15H,1-5H3;/q2*-1;. The van der Waals surface area contributed by atoms with Crippen molar-refractivity contribution in [3.8, 4) is 62.5 Å². The molecule has 9 aromatic rings. The first-order valence-electron chi connectivity index (χ1n) is 19.3. The van der Waals surface area contributed by atoms with E-state index in [9.17, 15) is 5.26 Å². The maximum absolute atomic E-state index is 9.32. The summed E-state index contributed by atoms with van der Waals surface area (Å²) in [6.07, 6.45) is 5.43. The zero-order chi connectivity index (χ0) is 40.2. The summed E-state index contributed by atoms with van der Waals surface area (Å²) < 4.78 is 9.62. The number of oxazole rings is 1. The second-order valence-corrected chi connectivity index (χ2v) is 14.6. The minimum Gasteiger partial charge on any atom is -0.488 e. The molecule has 0 aliphatic rings. The van der Waals surface area contributed by atoms with Crippen LogP contribution in [0.1, 0.15) is 62.1 Å². The van der Waals surface area contributed by atoms with E-state index in [1.165, 1.54) is 16.8 Å². The Balaban J connectivity index is 0.000000178. The summed E-state index contributed by atoms with van der Waals surface area (Å²) in [7, 11) is 0. The number of hydrogen-bond donors (Lipinski definition) is 0. The van der Waals surface area contributed by atoms with Crippen molar-refractivity contribution in [3.05, 3.63) is 181 Å². The summed E-state index contributed by atoms with van der Waals surface area (Å²) >= 11 is 0. The number of hydrogen-bond acceptors (Lipinski definition) is 6. The van der Waals surface area contributed by atoms with Crippen molar-refractivity contribution < 1.29 is 24.5 Å². The van der Waals surface area contributed by atoms with E-state index in [1.807, 2.05) is 72.5 Å². The molecular weight excluding hydrogens is 907 g/mol. The molecule has 0 aliphatic heterocycles. The maximum Gasteiger partial charge on any atom is 0.180 e. The number of aryl methyl sites for hydroxylation is 1. The monoisotopic (exact) mass is 948 g/mol. The van der Waals surface area contributed by atoms with E-state index >= 15 is 0 Å². The van der Waals surface area contributed by atoms with Crippen LogP contribution in [0.3, 0.4) is 0 Å². The smallest absolute Gasteiger partial charge is 0.180 e. The molecule has 3 aromatic heterocycles. The van der Waals surface area contributed by atoms with Gasteiger partial charge >= 0.3 is 0 Å². The summed E-state index contributed by atoms with van der Waals surface area (Å²) in [6, 6.07) is 51.1. The number of benzene rings is 6. The number of imidazole rings is 1. The Morgan fingerprint density at radius 1 is 0.695 bits per heavy atom. The molecule has 6 aromatic carbocycles. The van der Waals surface area contributed by atoms with Crippen LogP contribution in [-0.4, -0.2) is 29.3 Å². The Morgan fingerprint density at radius 2 is 1.32 bits per heavy atom.